The Kier molecular flexibility index (Phi) is 2.74. The van der Waals surface area contributed by atoms with Gasteiger partial charge in [0.05, 0.1) is 0 Å². The van der Waals surface area contributed by atoms with Crippen LogP contribution in [0.3, 0.4) is 0 Å². The molecule has 0 spiro atoms. The highest BCUT2D eigenvalue weighted by atomic mass is 16.3. The summed E-state index contributed by atoms with van der Waals surface area (Å²) in [4.78, 5) is 21.9. The van der Waals surface area contributed by atoms with Crippen LogP contribution in [0.1, 0.15) is 39.0 Å². The van der Waals surface area contributed by atoms with Crippen molar-refractivity contribution in [1.29, 1.82) is 0 Å². The molecule has 0 aliphatic heterocycles. The predicted molar refractivity (Wildman–Crippen MR) is 59.8 cm³/mol. The number of fused-ring (bicyclic) bond motifs is 1. The van der Waals surface area contributed by atoms with Crippen LogP contribution in [0.2, 0.25) is 0 Å². The summed E-state index contributed by atoms with van der Waals surface area (Å²) >= 11 is 0. The van der Waals surface area contributed by atoms with E-state index < -0.39 is 5.60 Å². The molecule has 2 aliphatic carbocycles. The number of rotatable bonds is 2. The maximum atomic E-state index is 11.0. The number of hydrogen-bond donors (Lipinski definition) is 1. The van der Waals surface area contributed by atoms with Crippen molar-refractivity contribution in [2.75, 3.05) is 0 Å². The normalized spacial score (nSPS) is 43.1. The molecule has 1 fully saturated rings. The highest BCUT2D eigenvalue weighted by molar-refractivity contribution is 5.87. The molecule has 0 radical (unpaired) electrons. The van der Waals surface area contributed by atoms with Gasteiger partial charge < -0.3 is 5.11 Å². The van der Waals surface area contributed by atoms with Crippen LogP contribution in [0.25, 0.3) is 0 Å². The van der Waals surface area contributed by atoms with Crippen molar-refractivity contribution in [3.8, 4) is 0 Å². The van der Waals surface area contributed by atoms with Crippen LogP contribution in [-0.2, 0) is 9.59 Å². The van der Waals surface area contributed by atoms with Gasteiger partial charge in [-0.2, -0.15) is 0 Å². The van der Waals surface area contributed by atoms with Crippen LogP contribution in [0.5, 0.6) is 0 Å². The summed E-state index contributed by atoms with van der Waals surface area (Å²) in [6, 6.07) is 0. The molecule has 2 rings (SSSR count). The lowest BCUT2D eigenvalue weighted by Gasteiger charge is -2.46. The predicted octanol–water partition coefficient (Wildman–Crippen LogP) is 1.64. The Morgan fingerprint density at radius 3 is 2.81 bits per heavy atom. The minimum atomic E-state index is -1.54. The summed E-state index contributed by atoms with van der Waals surface area (Å²) in [5.74, 6) is 0.320. The number of aldehydes is 2. The molecule has 88 valence electrons. The van der Waals surface area contributed by atoms with Crippen LogP contribution < -0.4 is 0 Å². The van der Waals surface area contributed by atoms with Crippen molar-refractivity contribution in [2.24, 2.45) is 11.3 Å². The molecule has 0 aromatic rings. The number of carbonyl (C=O) groups excluding carboxylic acids is 2. The van der Waals surface area contributed by atoms with Gasteiger partial charge in [0.1, 0.15) is 11.9 Å². The lowest BCUT2D eigenvalue weighted by molar-refractivity contribution is -0.127. The first-order chi connectivity index (χ1) is 7.54. The van der Waals surface area contributed by atoms with Crippen LogP contribution in [0.15, 0.2) is 11.6 Å². The van der Waals surface area contributed by atoms with E-state index in [0.717, 1.165) is 25.7 Å². The van der Waals surface area contributed by atoms with E-state index in [4.69, 9.17) is 0 Å². The molecule has 1 saturated carbocycles. The molecule has 0 unspecified atom stereocenters. The van der Waals surface area contributed by atoms with Crippen LogP contribution in [-0.4, -0.2) is 23.3 Å². The molecule has 0 heterocycles. The summed E-state index contributed by atoms with van der Waals surface area (Å²) in [6.45, 7) is 2.13. The van der Waals surface area contributed by atoms with Crippen molar-refractivity contribution in [3.63, 3.8) is 0 Å². The summed E-state index contributed by atoms with van der Waals surface area (Å²) in [6.07, 6.45) is 7.78. The van der Waals surface area contributed by atoms with Gasteiger partial charge in [-0.15, -0.1) is 0 Å². The highest BCUT2D eigenvalue weighted by Crippen LogP contribution is 2.50. The van der Waals surface area contributed by atoms with E-state index in [2.05, 4.69) is 6.92 Å². The second-order valence-corrected chi connectivity index (χ2v) is 5.41. The van der Waals surface area contributed by atoms with Gasteiger partial charge in [0.25, 0.3) is 0 Å². The highest BCUT2D eigenvalue weighted by Gasteiger charge is 2.47. The van der Waals surface area contributed by atoms with Gasteiger partial charge in [-0.1, -0.05) is 25.8 Å². The van der Waals surface area contributed by atoms with Crippen LogP contribution in [0, 0.1) is 11.3 Å². The zero-order valence-electron chi connectivity index (χ0n) is 9.61. The van der Waals surface area contributed by atoms with E-state index in [0.29, 0.717) is 24.9 Å². The average molecular weight is 222 g/mol. The van der Waals surface area contributed by atoms with Gasteiger partial charge in [0.15, 0.2) is 6.29 Å². The number of hydrogen-bond acceptors (Lipinski definition) is 3. The fraction of sp³-hybridized carbons (Fsp3) is 0.692. The van der Waals surface area contributed by atoms with Crippen molar-refractivity contribution < 1.29 is 14.7 Å². The van der Waals surface area contributed by atoms with Crippen LogP contribution in [0.4, 0.5) is 0 Å². The SMILES string of the molecule is C[C@@]12C=C(C=O)[C@](O)(C=O)C[C@H]1CCCC2. The molecule has 3 atom stereocenters. The Morgan fingerprint density at radius 1 is 1.44 bits per heavy atom. The van der Waals surface area contributed by atoms with Crippen molar-refractivity contribution in [1.82, 2.24) is 0 Å². The topological polar surface area (TPSA) is 54.4 Å². The first-order valence-corrected chi connectivity index (χ1v) is 5.91. The largest absolute Gasteiger partial charge is 0.377 e. The summed E-state index contributed by atoms with van der Waals surface area (Å²) in [5.41, 5.74) is -1.30. The third-order valence-corrected chi connectivity index (χ3v) is 4.32. The molecule has 0 aromatic heterocycles. The molecule has 1 N–H and O–H groups in total. The Hall–Kier alpha value is -0.960. The Labute approximate surface area is 95.5 Å². The van der Waals surface area contributed by atoms with E-state index >= 15 is 0 Å². The number of allylic oxidation sites excluding steroid dienone is 1. The molecule has 0 aromatic carbocycles. The molecular formula is C13H18O3. The van der Waals surface area contributed by atoms with E-state index in [1.54, 1.807) is 0 Å². The second kappa shape index (κ2) is 3.81. The Bertz CT molecular complexity index is 347. The van der Waals surface area contributed by atoms with Gasteiger partial charge in [-0.05, 0) is 30.6 Å². The summed E-state index contributed by atoms with van der Waals surface area (Å²) in [7, 11) is 0. The van der Waals surface area contributed by atoms with E-state index in [1.807, 2.05) is 6.08 Å². The fourth-order valence-electron chi connectivity index (χ4n) is 3.18. The average Bonchev–Trinajstić information content (AvgIpc) is 2.29. The zero-order valence-corrected chi connectivity index (χ0v) is 9.61. The summed E-state index contributed by atoms with van der Waals surface area (Å²) < 4.78 is 0. The monoisotopic (exact) mass is 222 g/mol. The van der Waals surface area contributed by atoms with Gasteiger partial charge in [0.2, 0.25) is 0 Å². The quantitative estimate of drug-likeness (QED) is 0.723. The number of aliphatic hydroxyl groups is 1. The third kappa shape index (κ3) is 1.63. The molecule has 3 heteroatoms. The lowest BCUT2D eigenvalue weighted by Crippen LogP contribution is -2.46. The lowest BCUT2D eigenvalue weighted by atomic mass is 9.59. The first kappa shape index (κ1) is 11.5. The minimum absolute atomic E-state index is 0.0102. The zero-order chi connectivity index (χ0) is 11.8. The molecule has 0 bridgehead atoms. The maximum Gasteiger partial charge on any atom is 0.156 e. The van der Waals surface area contributed by atoms with E-state index in [-0.39, 0.29) is 11.0 Å². The standard InChI is InChI=1S/C13H18O3/c1-12-5-3-2-4-10(12)7-13(16,9-15)11(6-12)8-14/h6,8-10,16H,2-5,7H2,1H3/t10-,12-,13-/m1/s1. The van der Waals surface area contributed by atoms with Crippen LogP contribution >= 0.6 is 0 Å². The second-order valence-electron chi connectivity index (χ2n) is 5.41. The fourth-order valence-corrected chi connectivity index (χ4v) is 3.18. The number of carbonyl (C=O) groups is 2. The Balaban J connectivity index is 2.42. The van der Waals surface area contributed by atoms with Crippen molar-refractivity contribution >= 4 is 12.6 Å². The van der Waals surface area contributed by atoms with Gasteiger partial charge in [-0.25, -0.2) is 0 Å². The van der Waals surface area contributed by atoms with E-state index in [9.17, 15) is 14.7 Å². The minimum Gasteiger partial charge on any atom is -0.377 e. The smallest absolute Gasteiger partial charge is 0.156 e. The molecule has 16 heavy (non-hydrogen) atoms. The Morgan fingerprint density at radius 2 is 2.19 bits per heavy atom. The van der Waals surface area contributed by atoms with E-state index in [1.165, 1.54) is 0 Å². The maximum absolute atomic E-state index is 11.0. The third-order valence-electron chi connectivity index (χ3n) is 4.32. The summed E-state index contributed by atoms with van der Waals surface area (Å²) in [5, 5.41) is 10.1. The van der Waals surface area contributed by atoms with Crippen molar-refractivity contribution in [2.45, 2.75) is 44.6 Å². The van der Waals surface area contributed by atoms with Gasteiger partial charge in [0, 0.05) is 5.57 Å². The molecule has 0 saturated heterocycles. The first-order valence-electron chi connectivity index (χ1n) is 5.91. The molecular weight excluding hydrogens is 204 g/mol. The van der Waals surface area contributed by atoms with Crippen molar-refractivity contribution in [3.05, 3.63) is 11.6 Å². The van der Waals surface area contributed by atoms with Gasteiger partial charge >= 0.3 is 0 Å². The molecule has 0 amide bonds. The molecule has 3 nitrogen and oxygen atoms in total. The molecule has 2 aliphatic rings. The van der Waals surface area contributed by atoms with Gasteiger partial charge in [-0.3, -0.25) is 9.59 Å².